The van der Waals surface area contributed by atoms with Crippen LogP contribution >= 0.6 is 0 Å². The van der Waals surface area contributed by atoms with Crippen LogP contribution in [-0.2, 0) is 4.79 Å². The maximum absolute atomic E-state index is 12.0. The molecule has 1 heterocycles. The van der Waals surface area contributed by atoms with E-state index in [0.29, 0.717) is 11.5 Å². The molecule has 1 fully saturated rings. The summed E-state index contributed by atoms with van der Waals surface area (Å²) in [7, 11) is 0. The van der Waals surface area contributed by atoms with Crippen LogP contribution in [0, 0.1) is 0 Å². The fourth-order valence-electron chi connectivity index (χ4n) is 1.96. The van der Waals surface area contributed by atoms with Gasteiger partial charge in [-0.15, -0.1) is 0 Å². The third-order valence-corrected chi connectivity index (χ3v) is 3.35. The van der Waals surface area contributed by atoms with Crippen molar-refractivity contribution in [3.05, 3.63) is 24.3 Å². The van der Waals surface area contributed by atoms with Crippen molar-refractivity contribution in [3.8, 4) is 11.5 Å². The molecule has 0 bridgehead atoms. The Morgan fingerprint density at radius 2 is 2.11 bits per heavy atom. The van der Waals surface area contributed by atoms with E-state index in [1.54, 1.807) is 12.1 Å². The van der Waals surface area contributed by atoms with Gasteiger partial charge in [-0.05, 0) is 25.0 Å². The van der Waals surface area contributed by atoms with Gasteiger partial charge >= 0.3 is 0 Å². The molecule has 1 aromatic rings. The van der Waals surface area contributed by atoms with Crippen LogP contribution in [0.2, 0.25) is 0 Å². The average molecular weight is 249 g/mol. The number of carbonyl (C=O) groups excluding carboxylic acids is 1. The number of rotatable bonds is 3. The highest BCUT2D eigenvalue weighted by Gasteiger charge is 2.45. The quantitative estimate of drug-likeness (QED) is 0.817. The Balaban J connectivity index is 1.67. The second-order valence-electron chi connectivity index (χ2n) is 4.79. The van der Waals surface area contributed by atoms with Crippen LogP contribution in [0.3, 0.4) is 0 Å². The zero-order chi connectivity index (χ0) is 12.6. The summed E-state index contributed by atoms with van der Waals surface area (Å²) < 4.78 is 11.1. The normalized spacial score (nSPS) is 23.3. The summed E-state index contributed by atoms with van der Waals surface area (Å²) in [5, 5.41) is 12.0. The molecular formula is C13H15NO4. The van der Waals surface area contributed by atoms with Crippen LogP contribution in [0.1, 0.15) is 12.8 Å². The lowest BCUT2D eigenvalue weighted by molar-refractivity contribution is -0.131. The molecule has 1 aliphatic carbocycles. The SMILES string of the molecule is O=C(NC1(CO)CC1)C1COc2ccccc2O1. The Kier molecular flexibility index (Phi) is 2.63. The predicted molar refractivity (Wildman–Crippen MR) is 63.5 cm³/mol. The van der Waals surface area contributed by atoms with E-state index >= 15 is 0 Å². The van der Waals surface area contributed by atoms with E-state index in [-0.39, 0.29) is 19.1 Å². The highest BCUT2D eigenvalue weighted by molar-refractivity contribution is 5.83. The third kappa shape index (κ3) is 2.01. The second kappa shape index (κ2) is 4.17. The lowest BCUT2D eigenvalue weighted by atomic mass is 10.2. The smallest absolute Gasteiger partial charge is 0.265 e. The number of aliphatic hydroxyl groups excluding tert-OH is 1. The number of benzene rings is 1. The summed E-state index contributed by atoms with van der Waals surface area (Å²) in [6.45, 7) is 0.174. The van der Waals surface area contributed by atoms with Crippen molar-refractivity contribution >= 4 is 5.91 Å². The van der Waals surface area contributed by atoms with E-state index in [0.717, 1.165) is 12.8 Å². The number of para-hydroxylation sites is 2. The summed E-state index contributed by atoms with van der Waals surface area (Å²) >= 11 is 0. The van der Waals surface area contributed by atoms with Gasteiger partial charge in [-0.25, -0.2) is 0 Å². The average Bonchev–Trinajstić information content (AvgIpc) is 3.18. The zero-order valence-corrected chi connectivity index (χ0v) is 9.89. The molecule has 0 saturated heterocycles. The summed E-state index contributed by atoms with van der Waals surface area (Å²) in [5.74, 6) is 1.01. The van der Waals surface area contributed by atoms with Crippen LogP contribution in [0.5, 0.6) is 11.5 Å². The Morgan fingerprint density at radius 3 is 2.78 bits per heavy atom. The molecule has 0 radical (unpaired) electrons. The van der Waals surface area contributed by atoms with E-state index in [1.807, 2.05) is 12.1 Å². The molecule has 1 atom stereocenters. The molecule has 1 aliphatic heterocycles. The molecular weight excluding hydrogens is 234 g/mol. The monoisotopic (exact) mass is 249 g/mol. The maximum Gasteiger partial charge on any atom is 0.265 e. The van der Waals surface area contributed by atoms with Crippen molar-refractivity contribution < 1.29 is 19.4 Å². The molecule has 1 amide bonds. The van der Waals surface area contributed by atoms with Crippen molar-refractivity contribution in [2.75, 3.05) is 13.2 Å². The first-order valence-corrected chi connectivity index (χ1v) is 6.04. The number of aliphatic hydroxyl groups is 1. The summed E-state index contributed by atoms with van der Waals surface area (Å²) in [6.07, 6.45) is 0.989. The summed E-state index contributed by atoms with van der Waals surface area (Å²) in [4.78, 5) is 12.0. The number of carbonyl (C=O) groups is 1. The number of fused-ring (bicyclic) bond motifs is 1. The Morgan fingerprint density at radius 1 is 1.39 bits per heavy atom. The summed E-state index contributed by atoms with van der Waals surface area (Å²) in [6, 6.07) is 7.26. The van der Waals surface area contributed by atoms with Gasteiger partial charge in [-0.1, -0.05) is 12.1 Å². The number of hydrogen-bond acceptors (Lipinski definition) is 4. The van der Waals surface area contributed by atoms with Gasteiger partial charge in [-0.3, -0.25) is 4.79 Å². The number of nitrogens with one attached hydrogen (secondary N) is 1. The van der Waals surface area contributed by atoms with Gasteiger partial charge in [0.15, 0.2) is 11.5 Å². The molecule has 2 N–H and O–H groups in total. The van der Waals surface area contributed by atoms with Crippen LogP contribution in [-0.4, -0.2) is 35.9 Å². The highest BCUT2D eigenvalue weighted by Crippen LogP contribution is 2.35. The van der Waals surface area contributed by atoms with Crippen LogP contribution in [0.25, 0.3) is 0 Å². The molecule has 0 aromatic heterocycles. The van der Waals surface area contributed by atoms with Gasteiger partial charge in [0, 0.05) is 0 Å². The minimum absolute atomic E-state index is 0.0249. The van der Waals surface area contributed by atoms with E-state index in [4.69, 9.17) is 9.47 Å². The standard InChI is InChI=1S/C13H15NO4/c15-8-13(5-6-13)14-12(16)11-7-17-9-3-1-2-4-10(9)18-11/h1-4,11,15H,5-8H2,(H,14,16). The van der Waals surface area contributed by atoms with Gasteiger partial charge < -0.3 is 19.9 Å². The van der Waals surface area contributed by atoms with E-state index < -0.39 is 11.6 Å². The third-order valence-electron chi connectivity index (χ3n) is 3.35. The van der Waals surface area contributed by atoms with Gasteiger partial charge in [0.1, 0.15) is 6.61 Å². The first kappa shape index (κ1) is 11.3. The van der Waals surface area contributed by atoms with Crippen molar-refractivity contribution in [2.45, 2.75) is 24.5 Å². The molecule has 3 rings (SSSR count). The van der Waals surface area contributed by atoms with Crippen LogP contribution in [0.15, 0.2) is 24.3 Å². The van der Waals surface area contributed by atoms with Crippen molar-refractivity contribution in [1.82, 2.24) is 5.32 Å². The molecule has 1 unspecified atom stereocenters. The molecule has 18 heavy (non-hydrogen) atoms. The van der Waals surface area contributed by atoms with Gasteiger partial charge in [-0.2, -0.15) is 0 Å². The Hall–Kier alpha value is -1.75. The van der Waals surface area contributed by atoms with Crippen molar-refractivity contribution in [3.63, 3.8) is 0 Å². The largest absolute Gasteiger partial charge is 0.485 e. The number of ether oxygens (including phenoxy) is 2. The fraction of sp³-hybridized carbons (Fsp3) is 0.462. The zero-order valence-electron chi connectivity index (χ0n) is 9.89. The van der Waals surface area contributed by atoms with Gasteiger partial charge in [0.2, 0.25) is 6.10 Å². The van der Waals surface area contributed by atoms with Crippen LogP contribution in [0.4, 0.5) is 0 Å². The molecule has 2 aliphatic rings. The molecule has 1 aromatic carbocycles. The van der Waals surface area contributed by atoms with E-state index in [1.165, 1.54) is 0 Å². The minimum atomic E-state index is -0.649. The van der Waals surface area contributed by atoms with E-state index in [9.17, 15) is 9.90 Å². The number of hydrogen-bond donors (Lipinski definition) is 2. The topological polar surface area (TPSA) is 67.8 Å². The lowest BCUT2D eigenvalue weighted by Crippen LogP contribution is -2.49. The predicted octanol–water partition coefficient (Wildman–Crippen LogP) is 0.467. The van der Waals surface area contributed by atoms with Gasteiger partial charge in [0.05, 0.1) is 12.1 Å². The maximum atomic E-state index is 12.0. The molecule has 5 heteroatoms. The van der Waals surface area contributed by atoms with E-state index in [2.05, 4.69) is 5.32 Å². The molecule has 96 valence electrons. The van der Waals surface area contributed by atoms with Gasteiger partial charge in [0.25, 0.3) is 5.91 Å². The Bertz CT molecular complexity index is 470. The molecule has 0 spiro atoms. The van der Waals surface area contributed by atoms with Crippen molar-refractivity contribution in [1.29, 1.82) is 0 Å². The number of amides is 1. The minimum Gasteiger partial charge on any atom is -0.485 e. The first-order valence-electron chi connectivity index (χ1n) is 6.04. The highest BCUT2D eigenvalue weighted by atomic mass is 16.6. The second-order valence-corrected chi connectivity index (χ2v) is 4.79. The summed E-state index contributed by atoms with van der Waals surface area (Å²) in [5.41, 5.74) is -0.419. The lowest BCUT2D eigenvalue weighted by Gasteiger charge is -2.27. The first-order chi connectivity index (χ1) is 8.72. The van der Waals surface area contributed by atoms with Crippen molar-refractivity contribution in [2.24, 2.45) is 0 Å². The molecule has 1 saturated carbocycles. The Labute approximate surface area is 105 Å². The van der Waals surface area contributed by atoms with Crippen LogP contribution < -0.4 is 14.8 Å². The fourth-order valence-corrected chi connectivity index (χ4v) is 1.96. The molecule has 5 nitrogen and oxygen atoms in total.